The van der Waals surface area contributed by atoms with E-state index in [0.29, 0.717) is 0 Å². The molecule has 11 heavy (non-hydrogen) atoms. The lowest BCUT2D eigenvalue weighted by Crippen LogP contribution is -2.21. The molecule has 1 saturated heterocycles. The Morgan fingerprint density at radius 3 is 2.73 bits per heavy atom. The molecule has 0 aromatic heterocycles. The second-order valence-corrected chi connectivity index (χ2v) is 3.26. The molecule has 0 bridgehead atoms. The Kier molecular flexibility index (Phi) is 2.68. The van der Waals surface area contributed by atoms with Gasteiger partial charge in [0.25, 0.3) is 0 Å². The highest BCUT2D eigenvalue weighted by atomic mass is 16.7. The molecule has 1 aliphatic heterocycles. The number of hydrogen-bond acceptors (Lipinski definition) is 2. The van der Waals surface area contributed by atoms with Crippen LogP contribution >= 0.6 is 0 Å². The summed E-state index contributed by atoms with van der Waals surface area (Å²) in [5.41, 5.74) is 0. The predicted molar refractivity (Wildman–Crippen MR) is 44.3 cm³/mol. The second kappa shape index (κ2) is 3.37. The quantitative estimate of drug-likeness (QED) is 0.570. The predicted octanol–water partition coefficient (Wildman–Crippen LogP) is 2.10. The van der Waals surface area contributed by atoms with Gasteiger partial charge >= 0.3 is 0 Å². The van der Waals surface area contributed by atoms with Gasteiger partial charge in [0.05, 0.1) is 12.7 Å². The minimum absolute atomic E-state index is 0.251. The molecule has 1 aliphatic rings. The Morgan fingerprint density at radius 2 is 2.27 bits per heavy atom. The third-order valence-electron chi connectivity index (χ3n) is 1.70. The molecule has 0 saturated carbocycles. The fourth-order valence-electron chi connectivity index (χ4n) is 1.17. The maximum atomic E-state index is 5.58. The third kappa shape index (κ3) is 2.64. The summed E-state index contributed by atoms with van der Waals surface area (Å²) in [5.74, 6) is -0.369. The summed E-state index contributed by atoms with van der Waals surface area (Å²) in [6.07, 6.45) is 5.35. The summed E-state index contributed by atoms with van der Waals surface area (Å²) in [7, 11) is 0. The average molecular weight is 156 g/mol. The van der Waals surface area contributed by atoms with Crippen LogP contribution in [0.3, 0.4) is 0 Å². The Labute approximate surface area is 68.2 Å². The third-order valence-corrected chi connectivity index (χ3v) is 1.70. The Hall–Kier alpha value is -0.340. The molecular formula is C9H16O2. The van der Waals surface area contributed by atoms with E-state index in [9.17, 15) is 0 Å². The zero-order valence-electron chi connectivity index (χ0n) is 7.46. The van der Waals surface area contributed by atoms with Crippen LogP contribution in [0, 0.1) is 0 Å². The molecule has 1 rings (SSSR count). The first kappa shape index (κ1) is 8.75. The van der Waals surface area contributed by atoms with Crippen LogP contribution in [0.1, 0.15) is 27.2 Å². The molecule has 1 unspecified atom stereocenters. The topological polar surface area (TPSA) is 18.5 Å². The normalized spacial score (nSPS) is 29.9. The van der Waals surface area contributed by atoms with Crippen molar-refractivity contribution in [1.82, 2.24) is 0 Å². The van der Waals surface area contributed by atoms with Gasteiger partial charge in [0.1, 0.15) is 0 Å². The van der Waals surface area contributed by atoms with E-state index in [-0.39, 0.29) is 11.9 Å². The molecule has 0 amide bonds. The lowest BCUT2D eigenvalue weighted by molar-refractivity contribution is -0.137. The van der Waals surface area contributed by atoms with E-state index in [0.717, 1.165) is 13.0 Å². The van der Waals surface area contributed by atoms with Crippen LogP contribution in [0.25, 0.3) is 0 Å². The first-order valence-electron chi connectivity index (χ1n) is 4.07. The molecule has 1 atom stereocenters. The lowest BCUT2D eigenvalue weighted by atomic mass is 10.2. The monoisotopic (exact) mass is 156 g/mol. The van der Waals surface area contributed by atoms with Gasteiger partial charge in [-0.25, -0.2) is 0 Å². The highest BCUT2D eigenvalue weighted by molar-refractivity contribution is 4.83. The van der Waals surface area contributed by atoms with Crippen LogP contribution in [0.5, 0.6) is 0 Å². The summed E-state index contributed by atoms with van der Waals surface area (Å²) in [6.45, 7) is 6.63. The number of ether oxygens (including phenoxy) is 2. The highest BCUT2D eigenvalue weighted by Crippen LogP contribution is 2.23. The first-order chi connectivity index (χ1) is 5.14. The van der Waals surface area contributed by atoms with Gasteiger partial charge in [-0.3, -0.25) is 0 Å². The maximum absolute atomic E-state index is 5.58. The average Bonchev–Trinajstić information content (AvgIpc) is 2.26. The summed E-state index contributed by atoms with van der Waals surface area (Å²) < 4.78 is 11.0. The van der Waals surface area contributed by atoms with Crippen LogP contribution in [0.4, 0.5) is 0 Å². The van der Waals surface area contributed by atoms with Gasteiger partial charge in [0.2, 0.25) is 0 Å². The first-order valence-corrected chi connectivity index (χ1v) is 4.07. The van der Waals surface area contributed by atoms with Crippen molar-refractivity contribution in [3.63, 3.8) is 0 Å². The lowest BCUT2D eigenvalue weighted by Gasteiger charge is -2.16. The molecule has 0 aromatic carbocycles. The van der Waals surface area contributed by atoms with Crippen molar-refractivity contribution in [2.24, 2.45) is 0 Å². The van der Waals surface area contributed by atoms with Crippen molar-refractivity contribution in [3.8, 4) is 0 Å². The van der Waals surface area contributed by atoms with Crippen LogP contribution in [-0.2, 0) is 9.47 Å². The van der Waals surface area contributed by atoms with Gasteiger partial charge in [-0.15, -0.1) is 0 Å². The molecule has 0 radical (unpaired) electrons. The molecule has 0 aliphatic carbocycles. The molecular weight excluding hydrogens is 140 g/mol. The Bertz CT molecular complexity index is 150. The van der Waals surface area contributed by atoms with Gasteiger partial charge in [-0.2, -0.15) is 0 Å². The van der Waals surface area contributed by atoms with Crippen LogP contribution in [0.2, 0.25) is 0 Å². The molecule has 1 heterocycles. The molecule has 0 aromatic rings. The fraction of sp³-hybridized carbons (Fsp3) is 0.778. The van der Waals surface area contributed by atoms with E-state index in [4.69, 9.17) is 9.47 Å². The van der Waals surface area contributed by atoms with Gasteiger partial charge in [-0.1, -0.05) is 12.2 Å². The summed E-state index contributed by atoms with van der Waals surface area (Å²) >= 11 is 0. The van der Waals surface area contributed by atoms with Crippen molar-refractivity contribution in [2.75, 3.05) is 6.61 Å². The van der Waals surface area contributed by atoms with E-state index in [1.54, 1.807) is 0 Å². The number of allylic oxidation sites excluding steroid dienone is 1. The van der Waals surface area contributed by atoms with Crippen LogP contribution < -0.4 is 0 Å². The maximum Gasteiger partial charge on any atom is 0.163 e. The number of rotatable bonds is 2. The molecule has 2 heteroatoms. The van der Waals surface area contributed by atoms with Crippen LogP contribution in [0.15, 0.2) is 12.2 Å². The van der Waals surface area contributed by atoms with Gasteiger partial charge < -0.3 is 9.47 Å². The van der Waals surface area contributed by atoms with E-state index in [1.165, 1.54) is 0 Å². The molecule has 1 fully saturated rings. The minimum Gasteiger partial charge on any atom is -0.348 e. The van der Waals surface area contributed by atoms with Gasteiger partial charge in [0.15, 0.2) is 5.79 Å². The van der Waals surface area contributed by atoms with E-state index in [1.807, 2.05) is 26.8 Å². The second-order valence-electron chi connectivity index (χ2n) is 3.26. The van der Waals surface area contributed by atoms with Crippen molar-refractivity contribution in [3.05, 3.63) is 12.2 Å². The van der Waals surface area contributed by atoms with E-state index in [2.05, 4.69) is 6.08 Å². The van der Waals surface area contributed by atoms with Crippen molar-refractivity contribution >= 4 is 0 Å². The van der Waals surface area contributed by atoms with E-state index < -0.39 is 0 Å². The smallest absolute Gasteiger partial charge is 0.163 e. The van der Waals surface area contributed by atoms with Crippen molar-refractivity contribution in [1.29, 1.82) is 0 Å². The van der Waals surface area contributed by atoms with Crippen molar-refractivity contribution < 1.29 is 9.47 Å². The molecule has 2 nitrogen and oxygen atoms in total. The van der Waals surface area contributed by atoms with Gasteiger partial charge in [0, 0.05) is 0 Å². The molecule has 0 N–H and O–H groups in total. The Morgan fingerprint density at radius 1 is 1.55 bits per heavy atom. The largest absolute Gasteiger partial charge is 0.348 e. The summed E-state index contributed by atoms with van der Waals surface area (Å²) in [4.78, 5) is 0. The number of hydrogen-bond donors (Lipinski definition) is 0. The van der Waals surface area contributed by atoms with Crippen LogP contribution in [-0.4, -0.2) is 18.5 Å². The zero-order chi connectivity index (χ0) is 8.32. The Balaban J connectivity index is 2.30. The highest BCUT2D eigenvalue weighted by Gasteiger charge is 2.31. The zero-order valence-corrected chi connectivity index (χ0v) is 7.46. The van der Waals surface area contributed by atoms with E-state index >= 15 is 0 Å². The van der Waals surface area contributed by atoms with Gasteiger partial charge in [-0.05, 0) is 27.2 Å². The fourth-order valence-corrected chi connectivity index (χ4v) is 1.17. The molecule has 64 valence electrons. The standard InChI is InChI=1S/C9H16O2/c1-4-5-6-8-7-10-9(2,3)11-8/h4-5,8H,6-7H2,1-3H3. The summed E-state index contributed by atoms with van der Waals surface area (Å²) in [5, 5.41) is 0. The summed E-state index contributed by atoms with van der Waals surface area (Å²) in [6, 6.07) is 0. The van der Waals surface area contributed by atoms with Crippen molar-refractivity contribution in [2.45, 2.75) is 39.1 Å². The minimum atomic E-state index is -0.369. The molecule has 0 spiro atoms. The SMILES string of the molecule is CC=CCC1COC(C)(C)O1.